The number of nitrogens with one attached hydrogen (secondary N) is 1. The molecule has 184 valence electrons. The second-order valence-electron chi connectivity index (χ2n) is 9.58. The molecule has 1 atom stereocenters. The van der Waals surface area contributed by atoms with Gasteiger partial charge in [0, 0.05) is 12.8 Å². The smallest absolute Gasteiger partial charge is 0.306 e. The summed E-state index contributed by atoms with van der Waals surface area (Å²) in [5, 5.41) is 2.19. The molecular formula is C25H32N2O7. The van der Waals surface area contributed by atoms with Crippen LogP contribution in [0.15, 0.2) is 18.2 Å². The second kappa shape index (κ2) is 10.8. The zero-order valence-corrected chi connectivity index (χ0v) is 20.0. The molecule has 0 bridgehead atoms. The Morgan fingerprint density at radius 1 is 1.03 bits per heavy atom. The number of benzene rings is 1. The second-order valence-corrected chi connectivity index (χ2v) is 9.58. The number of nitrogens with zero attached hydrogens (tertiary/aromatic N) is 1. The fourth-order valence-corrected chi connectivity index (χ4v) is 4.08. The minimum atomic E-state index is -1.00. The van der Waals surface area contributed by atoms with E-state index in [0.717, 1.165) is 37.0 Å². The first-order valence-corrected chi connectivity index (χ1v) is 11.8. The predicted molar refractivity (Wildman–Crippen MR) is 122 cm³/mol. The maximum absolute atomic E-state index is 13.0. The van der Waals surface area contributed by atoms with Crippen LogP contribution in [0.1, 0.15) is 92.9 Å². The van der Waals surface area contributed by atoms with Crippen molar-refractivity contribution in [2.24, 2.45) is 0 Å². The Morgan fingerprint density at radius 2 is 1.74 bits per heavy atom. The molecule has 0 aromatic heterocycles. The van der Waals surface area contributed by atoms with Crippen molar-refractivity contribution in [2.45, 2.75) is 83.8 Å². The lowest BCUT2D eigenvalue weighted by Gasteiger charge is -2.27. The molecule has 0 saturated carbocycles. The highest BCUT2D eigenvalue weighted by atomic mass is 16.6. The van der Waals surface area contributed by atoms with Crippen molar-refractivity contribution in [2.75, 3.05) is 6.61 Å². The van der Waals surface area contributed by atoms with Crippen molar-refractivity contribution < 1.29 is 33.4 Å². The topological polar surface area (TPSA) is 119 Å². The molecule has 9 heteroatoms. The normalized spacial score (nSPS) is 18.1. The van der Waals surface area contributed by atoms with Gasteiger partial charge in [0.2, 0.25) is 11.8 Å². The van der Waals surface area contributed by atoms with Gasteiger partial charge in [0.1, 0.15) is 17.4 Å². The number of imide groups is 2. The Morgan fingerprint density at radius 3 is 2.44 bits per heavy atom. The van der Waals surface area contributed by atoms with E-state index in [-0.39, 0.29) is 29.9 Å². The lowest BCUT2D eigenvalue weighted by Crippen LogP contribution is -2.54. The van der Waals surface area contributed by atoms with Crippen LogP contribution in [0.2, 0.25) is 0 Å². The molecule has 4 amide bonds. The largest absolute Gasteiger partial charge is 0.493 e. The summed E-state index contributed by atoms with van der Waals surface area (Å²) in [7, 11) is 0. The molecule has 2 heterocycles. The molecule has 1 aromatic carbocycles. The van der Waals surface area contributed by atoms with E-state index in [0.29, 0.717) is 18.8 Å². The zero-order valence-electron chi connectivity index (χ0n) is 20.0. The zero-order chi connectivity index (χ0) is 24.9. The van der Waals surface area contributed by atoms with Crippen molar-refractivity contribution in [3.05, 3.63) is 29.3 Å². The SMILES string of the molecule is CC(C)(C)OC(=O)CCCCCCCOc1cccc2c1C(=O)N(C1CCC(=O)NC1=O)C2=O. The Bertz CT molecular complexity index is 980. The van der Waals surface area contributed by atoms with Gasteiger partial charge >= 0.3 is 5.97 Å². The van der Waals surface area contributed by atoms with Gasteiger partial charge < -0.3 is 9.47 Å². The third kappa shape index (κ3) is 6.21. The van der Waals surface area contributed by atoms with E-state index in [1.807, 2.05) is 20.8 Å². The van der Waals surface area contributed by atoms with Crippen LogP contribution in [0, 0.1) is 0 Å². The number of carbonyl (C=O) groups excluding carboxylic acids is 5. The molecule has 3 rings (SSSR count). The lowest BCUT2D eigenvalue weighted by molar-refractivity contribution is -0.155. The Labute approximate surface area is 199 Å². The highest BCUT2D eigenvalue weighted by Crippen LogP contribution is 2.33. The van der Waals surface area contributed by atoms with Crippen LogP contribution in [0.3, 0.4) is 0 Å². The minimum Gasteiger partial charge on any atom is -0.493 e. The predicted octanol–water partition coefficient (Wildman–Crippen LogP) is 3.15. The van der Waals surface area contributed by atoms with E-state index < -0.39 is 35.3 Å². The number of carbonyl (C=O) groups is 5. The fourth-order valence-electron chi connectivity index (χ4n) is 4.08. The monoisotopic (exact) mass is 472 g/mol. The summed E-state index contributed by atoms with van der Waals surface area (Å²) in [5.41, 5.74) is -0.0967. The minimum absolute atomic E-state index is 0.0743. The van der Waals surface area contributed by atoms with Crippen LogP contribution < -0.4 is 10.1 Å². The van der Waals surface area contributed by atoms with Gasteiger partial charge in [0.15, 0.2) is 0 Å². The van der Waals surface area contributed by atoms with E-state index >= 15 is 0 Å². The van der Waals surface area contributed by atoms with Crippen LogP contribution in [0.5, 0.6) is 5.75 Å². The fraction of sp³-hybridized carbons (Fsp3) is 0.560. The summed E-state index contributed by atoms with van der Waals surface area (Å²) >= 11 is 0. The third-order valence-electron chi connectivity index (χ3n) is 5.63. The molecule has 34 heavy (non-hydrogen) atoms. The summed E-state index contributed by atoms with van der Waals surface area (Å²) < 4.78 is 11.1. The molecule has 2 aliphatic heterocycles. The highest BCUT2D eigenvalue weighted by Gasteiger charge is 2.45. The first kappa shape index (κ1) is 25.4. The number of esters is 1. The summed E-state index contributed by atoms with van der Waals surface area (Å²) in [5.74, 6) is -2.04. The van der Waals surface area contributed by atoms with E-state index in [1.54, 1.807) is 18.2 Å². The summed E-state index contributed by atoms with van der Waals surface area (Å²) in [6.45, 7) is 5.93. The van der Waals surface area contributed by atoms with Crippen LogP contribution in [-0.4, -0.2) is 52.7 Å². The van der Waals surface area contributed by atoms with Gasteiger partial charge in [0.05, 0.1) is 17.7 Å². The summed E-state index contributed by atoms with van der Waals surface area (Å²) in [4.78, 5) is 62.1. The van der Waals surface area contributed by atoms with Gasteiger partial charge in [0.25, 0.3) is 11.8 Å². The molecule has 0 radical (unpaired) electrons. The maximum Gasteiger partial charge on any atom is 0.306 e. The van der Waals surface area contributed by atoms with Crippen molar-refractivity contribution in [1.29, 1.82) is 0 Å². The van der Waals surface area contributed by atoms with Gasteiger partial charge in [-0.2, -0.15) is 0 Å². The number of amides is 4. The third-order valence-corrected chi connectivity index (χ3v) is 5.63. The van der Waals surface area contributed by atoms with E-state index in [1.165, 1.54) is 0 Å². The van der Waals surface area contributed by atoms with Crippen molar-refractivity contribution in [1.82, 2.24) is 10.2 Å². The molecule has 1 N–H and O–H groups in total. The van der Waals surface area contributed by atoms with E-state index in [4.69, 9.17) is 9.47 Å². The molecule has 1 aromatic rings. The molecule has 0 spiro atoms. The van der Waals surface area contributed by atoms with Crippen LogP contribution in [0.4, 0.5) is 0 Å². The Kier molecular flexibility index (Phi) is 8.06. The van der Waals surface area contributed by atoms with Crippen LogP contribution >= 0.6 is 0 Å². The molecule has 2 aliphatic rings. The van der Waals surface area contributed by atoms with Gasteiger partial charge in [-0.15, -0.1) is 0 Å². The number of rotatable bonds is 10. The average molecular weight is 473 g/mol. The van der Waals surface area contributed by atoms with Gasteiger partial charge in [-0.25, -0.2) is 0 Å². The van der Waals surface area contributed by atoms with Gasteiger partial charge in [-0.1, -0.05) is 25.3 Å². The molecule has 9 nitrogen and oxygen atoms in total. The lowest BCUT2D eigenvalue weighted by atomic mass is 10.0. The average Bonchev–Trinajstić information content (AvgIpc) is 3.00. The molecule has 1 unspecified atom stereocenters. The molecule has 1 saturated heterocycles. The highest BCUT2D eigenvalue weighted by molar-refractivity contribution is 6.24. The number of hydrogen-bond acceptors (Lipinski definition) is 7. The standard InChI is InChI=1S/C25H32N2O7/c1-25(2,3)34-20(29)12-7-5-4-6-8-15-33-18-11-9-10-16-21(18)24(32)27(23(16)31)17-13-14-19(28)26-22(17)30/h9-11,17H,4-8,12-15H2,1-3H3,(H,26,28,30). The quantitative estimate of drug-likeness (QED) is 0.316. The first-order valence-electron chi connectivity index (χ1n) is 11.8. The number of ether oxygens (including phenoxy) is 2. The number of hydrogen-bond donors (Lipinski definition) is 1. The van der Waals surface area contributed by atoms with Crippen molar-refractivity contribution in [3.63, 3.8) is 0 Å². The van der Waals surface area contributed by atoms with Gasteiger partial charge in [-0.05, 0) is 52.2 Å². The van der Waals surface area contributed by atoms with E-state index in [2.05, 4.69) is 5.32 Å². The molecule has 1 fully saturated rings. The number of piperidine rings is 1. The van der Waals surface area contributed by atoms with Gasteiger partial charge in [-0.3, -0.25) is 34.2 Å². The summed E-state index contributed by atoms with van der Waals surface area (Å²) in [6.07, 6.45) is 4.88. The Balaban J connectivity index is 1.46. The van der Waals surface area contributed by atoms with Crippen LogP contribution in [-0.2, 0) is 19.1 Å². The Hall–Kier alpha value is -3.23. The summed E-state index contributed by atoms with van der Waals surface area (Å²) in [6, 6.07) is 3.82. The first-order chi connectivity index (χ1) is 16.1. The maximum atomic E-state index is 13.0. The molecule has 0 aliphatic carbocycles. The number of fused-ring (bicyclic) bond motifs is 1. The van der Waals surface area contributed by atoms with Crippen molar-refractivity contribution >= 4 is 29.6 Å². The number of unbranched alkanes of at least 4 members (excludes halogenated alkanes) is 4. The van der Waals surface area contributed by atoms with Crippen LogP contribution in [0.25, 0.3) is 0 Å². The van der Waals surface area contributed by atoms with Crippen molar-refractivity contribution in [3.8, 4) is 5.75 Å². The molecular weight excluding hydrogens is 440 g/mol. The van der Waals surface area contributed by atoms with E-state index in [9.17, 15) is 24.0 Å².